The lowest BCUT2D eigenvalue weighted by atomic mass is 10.0. The number of fused-ring (bicyclic) bond motifs is 2. The average Bonchev–Trinajstić information content (AvgIpc) is 2.93. The van der Waals surface area contributed by atoms with Gasteiger partial charge in [0.05, 0.1) is 12.6 Å². The molecule has 0 radical (unpaired) electrons. The van der Waals surface area contributed by atoms with Crippen LogP contribution in [0.2, 0.25) is 0 Å². The number of urea groups is 1. The molecule has 0 aromatic carbocycles. The number of nitrogens with one attached hydrogen (secondary N) is 2. The molecule has 0 spiro atoms. The summed E-state index contributed by atoms with van der Waals surface area (Å²) >= 11 is 0. The Balaban J connectivity index is 1.75. The highest BCUT2D eigenvalue weighted by Crippen LogP contribution is 2.30. The first-order valence-corrected chi connectivity index (χ1v) is 10.8. The zero-order valence-electron chi connectivity index (χ0n) is 19.1. The molecule has 2 fully saturated rings. The summed E-state index contributed by atoms with van der Waals surface area (Å²) in [5, 5.41) is 1.38. The SMILES string of the molecule is CCCCON1C(=O)N2C[C@@H]1CC[C@H]2C(=O)NNC(=O)CCN(C)C(=O)OC(C)(C)C. The van der Waals surface area contributed by atoms with E-state index in [0.29, 0.717) is 26.0 Å². The van der Waals surface area contributed by atoms with Crippen LogP contribution in [0.5, 0.6) is 0 Å². The topological polar surface area (TPSA) is 121 Å². The summed E-state index contributed by atoms with van der Waals surface area (Å²) in [5.74, 6) is -0.897. The Morgan fingerprint density at radius 1 is 1.19 bits per heavy atom. The number of piperidine rings is 1. The molecule has 11 heteroatoms. The Bertz CT molecular complexity index is 679. The normalized spacial score (nSPS) is 20.5. The third-order valence-electron chi connectivity index (χ3n) is 5.06. The second kappa shape index (κ2) is 10.7. The Morgan fingerprint density at radius 3 is 2.55 bits per heavy atom. The van der Waals surface area contributed by atoms with Crippen molar-refractivity contribution >= 4 is 23.9 Å². The van der Waals surface area contributed by atoms with Gasteiger partial charge in [0.15, 0.2) is 0 Å². The summed E-state index contributed by atoms with van der Waals surface area (Å²) in [6.45, 7) is 8.36. The minimum atomic E-state index is -0.659. The van der Waals surface area contributed by atoms with Gasteiger partial charge in [-0.1, -0.05) is 13.3 Å². The summed E-state index contributed by atoms with van der Waals surface area (Å²) < 4.78 is 5.22. The van der Waals surface area contributed by atoms with Crippen LogP contribution in [0, 0.1) is 0 Å². The third-order valence-corrected chi connectivity index (χ3v) is 5.06. The average molecular weight is 442 g/mol. The van der Waals surface area contributed by atoms with Crippen LogP contribution in [-0.4, -0.2) is 83.2 Å². The van der Waals surface area contributed by atoms with Gasteiger partial charge in [0.2, 0.25) is 5.91 Å². The van der Waals surface area contributed by atoms with Crippen molar-refractivity contribution in [1.82, 2.24) is 25.7 Å². The maximum absolute atomic E-state index is 12.6. The number of nitrogens with zero attached hydrogens (tertiary/aromatic N) is 3. The number of hydrazine groups is 1. The van der Waals surface area contributed by atoms with Gasteiger partial charge < -0.3 is 14.5 Å². The molecule has 5 amide bonds. The highest BCUT2D eigenvalue weighted by Gasteiger charge is 2.47. The first kappa shape index (κ1) is 24.7. The molecule has 0 unspecified atom stereocenters. The molecule has 0 saturated carbocycles. The zero-order valence-corrected chi connectivity index (χ0v) is 19.1. The van der Waals surface area contributed by atoms with Gasteiger partial charge in [0.1, 0.15) is 11.6 Å². The Hall–Kier alpha value is -2.56. The van der Waals surface area contributed by atoms with Crippen LogP contribution in [-0.2, 0) is 19.2 Å². The molecule has 0 aromatic heterocycles. The molecule has 2 aliphatic rings. The quantitative estimate of drug-likeness (QED) is 0.434. The number of hydroxylamine groups is 2. The molecular weight excluding hydrogens is 406 g/mol. The summed E-state index contributed by atoms with van der Waals surface area (Å²) in [6.07, 6.45) is 2.43. The first-order valence-electron chi connectivity index (χ1n) is 10.8. The molecule has 2 atom stereocenters. The predicted octanol–water partition coefficient (Wildman–Crippen LogP) is 1.39. The van der Waals surface area contributed by atoms with Gasteiger partial charge in [-0.15, -0.1) is 0 Å². The van der Waals surface area contributed by atoms with Gasteiger partial charge >= 0.3 is 12.1 Å². The van der Waals surface area contributed by atoms with E-state index in [1.54, 1.807) is 20.8 Å². The first-order chi connectivity index (χ1) is 14.5. The molecular formula is C20H35N5O6. The molecule has 176 valence electrons. The number of unbranched alkanes of at least 4 members (excludes halogenated alkanes) is 1. The highest BCUT2D eigenvalue weighted by atomic mass is 16.7. The van der Waals surface area contributed by atoms with Gasteiger partial charge in [0, 0.05) is 26.6 Å². The Labute approximate surface area is 183 Å². The fourth-order valence-electron chi connectivity index (χ4n) is 3.36. The minimum absolute atomic E-state index is 0.00947. The van der Waals surface area contributed by atoms with Crippen molar-refractivity contribution < 1.29 is 28.8 Å². The smallest absolute Gasteiger partial charge is 0.410 e. The van der Waals surface area contributed by atoms with Crippen molar-refractivity contribution in [3.05, 3.63) is 0 Å². The monoisotopic (exact) mass is 441 g/mol. The Morgan fingerprint density at radius 2 is 1.90 bits per heavy atom. The molecule has 2 aliphatic heterocycles. The summed E-state index contributed by atoms with van der Waals surface area (Å²) in [4.78, 5) is 57.5. The second-order valence-electron chi connectivity index (χ2n) is 8.88. The maximum atomic E-state index is 12.6. The van der Waals surface area contributed by atoms with Gasteiger partial charge in [-0.2, -0.15) is 5.06 Å². The number of ether oxygens (including phenoxy) is 1. The maximum Gasteiger partial charge on any atom is 0.410 e. The van der Waals surface area contributed by atoms with Crippen LogP contribution in [0.3, 0.4) is 0 Å². The van der Waals surface area contributed by atoms with Crippen LogP contribution in [0.25, 0.3) is 0 Å². The lowest BCUT2D eigenvalue weighted by molar-refractivity contribution is -0.132. The van der Waals surface area contributed by atoms with E-state index < -0.39 is 29.6 Å². The van der Waals surface area contributed by atoms with Crippen LogP contribution in [0.1, 0.15) is 59.8 Å². The van der Waals surface area contributed by atoms with Crippen molar-refractivity contribution in [3.8, 4) is 0 Å². The molecule has 2 rings (SSSR count). The van der Waals surface area contributed by atoms with E-state index in [-0.39, 0.29) is 25.0 Å². The van der Waals surface area contributed by atoms with E-state index in [1.807, 2.05) is 6.92 Å². The molecule has 2 N–H and O–H groups in total. The summed E-state index contributed by atoms with van der Waals surface area (Å²) in [5.41, 5.74) is 4.12. The molecule has 2 bridgehead atoms. The number of hydrogen-bond donors (Lipinski definition) is 2. The van der Waals surface area contributed by atoms with Gasteiger partial charge in [-0.25, -0.2) is 9.59 Å². The van der Waals surface area contributed by atoms with Crippen molar-refractivity contribution in [2.24, 2.45) is 0 Å². The lowest BCUT2D eigenvalue weighted by Crippen LogP contribution is -2.54. The van der Waals surface area contributed by atoms with Crippen LogP contribution in [0.4, 0.5) is 9.59 Å². The van der Waals surface area contributed by atoms with E-state index >= 15 is 0 Å². The fraction of sp³-hybridized carbons (Fsp3) is 0.800. The largest absolute Gasteiger partial charge is 0.444 e. The molecule has 31 heavy (non-hydrogen) atoms. The van der Waals surface area contributed by atoms with Crippen LogP contribution in [0.15, 0.2) is 0 Å². The third kappa shape index (κ3) is 6.98. The van der Waals surface area contributed by atoms with Gasteiger partial charge in [-0.05, 0) is 40.0 Å². The van der Waals surface area contributed by atoms with Crippen molar-refractivity contribution in [2.75, 3.05) is 26.7 Å². The molecule has 2 heterocycles. The summed E-state index contributed by atoms with van der Waals surface area (Å²) in [6, 6.07) is -1.02. The number of amides is 5. The van der Waals surface area contributed by atoms with Crippen molar-refractivity contribution in [1.29, 1.82) is 0 Å². The summed E-state index contributed by atoms with van der Waals surface area (Å²) in [7, 11) is 1.53. The van der Waals surface area contributed by atoms with E-state index in [9.17, 15) is 19.2 Å². The number of hydrogen-bond acceptors (Lipinski definition) is 6. The molecule has 11 nitrogen and oxygen atoms in total. The van der Waals surface area contributed by atoms with E-state index in [1.165, 1.54) is 21.9 Å². The second-order valence-corrected chi connectivity index (χ2v) is 8.88. The number of carbonyl (C=O) groups excluding carboxylic acids is 4. The van der Waals surface area contributed by atoms with Gasteiger partial charge in [0.25, 0.3) is 5.91 Å². The molecule has 0 aromatic rings. The Kier molecular flexibility index (Phi) is 8.49. The van der Waals surface area contributed by atoms with E-state index in [4.69, 9.17) is 9.57 Å². The molecule has 2 saturated heterocycles. The van der Waals surface area contributed by atoms with E-state index in [2.05, 4.69) is 10.9 Å². The predicted molar refractivity (Wildman–Crippen MR) is 111 cm³/mol. The van der Waals surface area contributed by atoms with E-state index in [0.717, 1.165) is 12.8 Å². The minimum Gasteiger partial charge on any atom is -0.444 e. The van der Waals surface area contributed by atoms with Crippen LogP contribution >= 0.6 is 0 Å². The number of carbonyl (C=O) groups is 4. The van der Waals surface area contributed by atoms with Crippen molar-refractivity contribution in [3.63, 3.8) is 0 Å². The lowest BCUT2D eigenvalue weighted by Gasteiger charge is -2.29. The van der Waals surface area contributed by atoms with Crippen molar-refractivity contribution in [2.45, 2.75) is 77.5 Å². The van der Waals surface area contributed by atoms with Gasteiger partial charge in [-0.3, -0.25) is 25.3 Å². The highest BCUT2D eigenvalue weighted by molar-refractivity contribution is 5.90. The standard InChI is InChI=1S/C20H35N5O6/c1-6-7-12-30-25-14-8-9-15(24(13-14)18(25)28)17(27)22-21-16(26)10-11-23(5)19(29)31-20(2,3)4/h14-15H,6-13H2,1-5H3,(H,21,26)(H,22,27)/t14-,15-/m0/s1. The fourth-order valence-corrected chi connectivity index (χ4v) is 3.36. The molecule has 0 aliphatic carbocycles. The van der Waals surface area contributed by atoms with Crippen LogP contribution < -0.4 is 10.9 Å². The zero-order chi connectivity index (χ0) is 23.2. The number of rotatable bonds is 8.